The molecule has 7 rings (SSSR count). The predicted octanol–water partition coefficient (Wildman–Crippen LogP) is 4.16. The Labute approximate surface area is 202 Å². The van der Waals surface area contributed by atoms with Gasteiger partial charge in [-0.25, -0.2) is 0 Å². The van der Waals surface area contributed by atoms with Crippen molar-refractivity contribution in [1.29, 1.82) is 0 Å². The molecule has 3 aromatic rings. The number of benzene rings is 1. The second-order valence-corrected chi connectivity index (χ2v) is 11.9. The minimum absolute atomic E-state index is 0.00679. The lowest BCUT2D eigenvalue weighted by molar-refractivity contribution is -0.123. The smallest absolute Gasteiger partial charge is 0.305 e. The first-order valence-electron chi connectivity index (χ1n) is 11.0. The fraction of sp³-hybridized carbons (Fsp3) is 0.333. The van der Waals surface area contributed by atoms with Crippen LogP contribution >= 0.6 is 34.7 Å². The number of fused-ring (bicyclic) bond motifs is 9. The lowest BCUT2D eigenvalue weighted by atomic mass is 9.68. The van der Waals surface area contributed by atoms with Crippen molar-refractivity contribution >= 4 is 52.2 Å². The molecule has 1 aromatic carbocycles. The van der Waals surface area contributed by atoms with Crippen LogP contribution in [0.2, 0.25) is 5.02 Å². The minimum atomic E-state index is -0.309. The number of thiazole rings is 1. The summed E-state index contributed by atoms with van der Waals surface area (Å²) in [5.41, 5.74) is 1.66. The van der Waals surface area contributed by atoms with Crippen LogP contribution in [0, 0.1) is 29.6 Å². The van der Waals surface area contributed by atoms with Crippen LogP contribution in [0.5, 0.6) is 0 Å². The third-order valence-corrected chi connectivity index (χ3v) is 10.7. The number of carbonyl (C=O) groups excluding carboxylic acids is 2. The second-order valence-electron chi connectivity index (χ2n) is 9.24. The number of hydrogen-bond acceptors (Lipinski definition) is 6. The van der Waals surface area contributed by atoms with Crippen molar-refractivity contribution in [2.24, 2.45) is 29.6 Å². The molecule has 1 saturated heterocycles. The molecule has 2 aromatic heterocycles. The molecule has 2 aliphatic carbocycles. The average Bonchev–Trinajstić information content (AvgIpc) is 3.54. The van der Waals surface area contributed by atoms with Gasteiger partial charge < -0.3 is 4.98 Å². The molecule has 1 N–H and O–H groups in total. The van der Waals surface area contributed by atoms with Crippen molar-refractivity contribution in [3.05, 3.63) is 73.9 Å². The Morgan fingerprint density at radius 1 is 1.03 bits per heavy atom. The number of pyridine rings is 1. The first kappa shape index (κ1) is 20.0. The highest BCUT2D eigenvalue weighted by atomic mass is 35.5. The van der Waals surface area contributed by atoms with Crippen LogP contribution in [0.15, 0.2) is 58.6 Å². The number of carbonyl (C=O) groups is 2. The second kappa shape index (κ2) is 7.04. The van der Waals surface area contributed by atoms with E-state index in [1.807, 2.05) is 12.3 Å². The molecule has 0 unspecified atom stereocenters. The molecule has 6 nitrogen and oxygen atoms in total. The van der Waals surface area contributed by atoms with Gasteiger partial charge in [0.05, 0.1) is 22.5 Å². The van der Waals surface area contributed by atoms with E-state index in [0.717, 1.165) is 21.9 Å². The first-order valence-corrected chi connectivity index (χ1v) is 13.0. The van der Waals surface area contributed by atoms with Crippen LogP contribution in [0.25, 0.3) is 0 Å². The van der Waals surface area contributed by atoms with Crippen molar-refractivity contribution in [2.75, 3.05) is 4.90 Å². The number of imide groups is 1. The van der Waals surface area contributed by atoms with Crippen molar-refractivity contribution < 1.29 is 9.59 Å². The van der Waals surface area contributed by atoms with E-state index in [1.54, 1.807) is 42.2 Å². The van der Waals surface area contributed by atoms with Crippen LogP contribution in [0.3, 0.4) is 0 Å². The lowest BCUT2D eigenvalue weighted by Crippen LogP contribution is -2.42. The fourth-order valence-corrected chi connectivity index (χ4v) is 9.81. The van der Waals surface area contributed by atoms with Crippen molar-refractivity contribution in [1.82, 2.24) is 9.97 Å². The van der Waals surface area contributed by atoms with Crippen LogP contribution in [-0.2, 0) is 9.59 Å². The molecule has 2 aliphatic heterocycles. The SMILES string of the molecule is O=C1[C@@H]2[C@@H]3C[C@H]([C@H]2C(=O)N1c1ccc(Cl)cc1)[C@H]1[C@H](c2cccnc2)c2sc(=O)[nH]c2S[C@@H]31. The summed E-state index contributed by atoms with van der Waals surface area (Å²) in [6.45, 7) is 0. The van der Waals surface area contributed by atoms with Gasteiger partial charge in [-0.05, 0) is 60.1 Å². The summed E-state index contributed by atoms with van der Waals surface area (Å²) in [4.78, 5) is 49.2. The summed E-state index contributed by atoms with van der Waals surface area (Å²) in [5, 5.41) is 1.66. The van der Waals surface area contributed by atoms with E-state index in [4.69, 9.17) is 11.6 Å². The van der Waals surface area contributed by atoms with Crippen molar-refractivity contribution in [3.8, 4) is 0 Å². The molecule has 9 heteroatoms. The third-order valence-electron chi connectivity index (χ3n) is 7.85. The highest BCUT2D eigenvalue weighted by molar-refractivity contribution is 8.00. The number of thioether (sulfide) groups is 1. The number of H-pyrrole nitrogens is 1. The average molecular weight is 496 g/mol. The maximum Gasteiger partial charge on any atom is 0.305 e. The molecule has 4 heterocycles. The number of amides is 2. The predicted molar refractivity (Wildman–Crippen MR) is 127 cm³/mol. The third kappa shape index (κ3) is 2.68. The summed E-state index contributed by atoms with van der Waals surface area (Å²) >= 11 is 8.98. The largest absolute Gasteiger partial charge is 0.307 e. The zero-order chi connectivity index (χ0) is 22.4. The van der Waals surface area contributed by atoms with E-state index in [0.29, 0.717) is 10.7 Å². The number of nitrogens with zero attached hydrogens (tertiary/aromatic N) is 2. The first-order chi connectivity index (χ1) is 16.0. The Kier molecular flexibility index (Phi) is 4.27. The van der Waals surface area contributed by atoms with Gasteiger partial charge in [0.2, 0.25) is 11.8 Å². The van der Waals surface area contributed by atoms with E-state index in [9.17, 15) is 14.4 Å². The Morgan fingerprint density at radius 3 is 2.52 bits per heavy atom. The molecule has 2 amide bonds. The van der Waals surface area contributed by atoms with Crippen molar-refractivity contribution in [2.45, 2.75) is 22.6 Å². The van der Waals surface area contributed by atoms with Gasteiger partial charge in [-0.2, -0.15) is 0 Å². The van der Waals surface area contributed by atoms with Crippen LogP contribution in [-0.4, -0.2) is 27.0 Å². The van der Waals surface area contributed by atoms with E-state index in [1.165, 1.54) is 16.2 Å². The molecule has 2 bridgehead atoms. The Bertz CT molecular complexity index is 1360. The molecule has 7 atom stereocenters. The number of nitrogens with one attached hydrogen (secondary N) is 1. The van der Waals surface area contributed by atoms with Gasteiger partial charge in [-0.3, -0.25) is 24.3 Å². The van der Waals surface area contributed by atoms with Gasteiger partial charge in [-0.1, -0.05) is 29.0 Å². The highest BCUT2D eigenvalue weighted by Gasteiger charge is 2.69. The quantitative estimate of drug-likeness (QED) is 0.540. The summed E-state index contributed by atoms with van der Waals surface area (Å²) in [6, 6.07) is 10.9. The molecule has 33 heavy (non-hydrogen) atoms. The number of aromatic amines is 1. The molecule has 2 saturated carbocycles. The maximum absolute atomic E-state index is 13.6. The summed E-state index contributed by atoms with van der Waals surface area (Å²) in [7, 11) is 0. The molecular formula is C24H18ClN3O3S2. The topological polar surface area (TPSA) is 83.1 Å². The number of halogens is 1. The molecular weight excluding hydrogens is 478 g/mol. The van der Waals surface area contributed by atoms with Crippen LogP contribution in [0.4, 0.5) is 5.69 Å². The Balaban J connectivity index is 1.33. The van der Waals surface area contributed by atoms with Gasteiger partial charge >= 0.3 is 4.87 Å². The van der Waals surface area contributed by atoms with E-state index in [-0.39, 0.29) is 57.4 Å². The summed E-state index contributed by atoms with van der Waals surface area (Å²) < 4.78 is 0. The molecule has 0 spiro atoms. The number of aromatic nitrogens is 2. The normalized spacial score (nSPS) is 33.8. The number of anilines is 1. The van der Waals surface area contributed by atoms with E-state index < -0.39 is 0 Å². The van der Waals surface area contributed by atoms with E-state index in [2.05, 4.69) is 16.0 Å². The van der Waals surface area contributed by atoms with E-state index >= 15 is 0 Å². The summed E-state index contributed by atoms with van der Waals surface area (Å²) in [6.07, 6.45) is 4.50. The zero-order valence-corrected chi connectivity index (χ0v) is 19.6. The standard InChI is InChI=1S/C24H18ClN3O3S2/c25-11-3-5-12(6-4-11)28-22(29)17-13-8-14(18(17)23(28)30)19-16(13)15(10-2-1-7-26-9-10)20-21(32-19)27-24(31)33-20/h1-7,9,13-19H,8H2,(H,27,31)/t13-,14-,15-,16-,17+,18+,19-/m0/s1. The van der Waals surface area contributed by atoms with Gasteiger partial charge in [0.25, 0.3) is 0 Å². The highest BCUT2D eigenvalue weighted by Crippen LogP contribution is 2.68. The van der Waals surface area contributed by atoms with Gasteiger partial charge in [0, 0.05) is 33.5 Å². The van der Waals surface area contributed by atoms with Gasteiger partial charge in [-0.15, -0.1) is 11.8 Å². The fourth-order valence-electron chi connectivity index (χ4n) is 6.79. The number of hydrogen-bond donors (Lipinski definition) is 1. The maximum atomic E-state index is 13.6. The van der Waals surface area contributed by atoms with Crippen molar-refractivity contribution in [3.63, 3.8) is 0 Å². The molecule has 4 aliphatic rings. The Hall–Kier alpha value is -2.42. The van der Waals surface area contributed by atoms with Gasteiger partial charge in [0.15, 0.2) is 0 Å². The van der Waals surface area contributed by atoms with Gasteiger partial charge in [0.1, 0.15) is 0 Å². The van der Waals surface area contributed by atoms with Crippen LogP contribution < -0.4 is 9.77 Å². The lowest BCUT2D eigenvalue weighted by Gasteiger charge is -2.42. The zero-order valence-electron chi connectivity index (χ0n) is 17.2. The number of rotatable bonds is 2. The van der Waals surface area contributed by atoms with Crippen LogP contribution in [0.1, 0.15) is 22.8 Å². The summed E-state index contributed by atoms with van der Waals surface area (Å²) in [5.74, 6) is -0.396. The Morgan fingerprint density at radius 2 is 1.79 bits per heavy atom. The molecule has 3 fully saturated rings. The monoisotopic (exact) mass is 495 g/mol. The molecule has 166 valence electrons. The molecule has 0 radical (unpaired) electrons. The minimum Gasteiger partial charge on any atom is -0.307 e.